The van der Waals surface area contributed by atoms with Crippen LogP contribution in [0.4, 0.5) is 0 Å². The third kappa shape index (κ3) is 4.16. The topological polar surface area (TPSA) is 60.5 Å². The minimum Gasteiger partial charge on any atom is -0.507 e. The molecule has 0 radical (unpaired) electrons. The average Bonchev–Trinajstić information content (AvgIpc) is 3.55. The number of phenols is 1. The van der Waals surface area contributed by atoms with Crippen LogP contribution in [-0.2, 0) is 9.47 Å². The molecule has 1 fully saturated rings. The van der Waals surface area contributed by atoms with Crippen LogP contribution in [0.15, 0.2) is 42.5 Å². The van der Waals surface area contributed by atoms with Gasteiger partial charge in [0, 0.05) is 21.5 Å². The normalized spacial score (nSPS) is 15.8. The third-order valence-electron chi connectivity index (χ3n) is 4.86. The molecule has 1 aliphatic rings. The van der Waals surface area contributed by atoms with Crippen molar-refractivity contribution in [2.45, 2.75) is 25.9 Å². The standard InChI is InChI=1S/C23H26O5/c1-2-3-10-26-16-8-9-20-21(13-16)22(24)18-6-4-5-7-19(18)23(20)27-12-11-25-14-17-15-28-17/h4-9,13,17,24H,2-3,10-12,14-15H2,1H3. The van der Waals surface area contributed by atoms with Crippen LogP contribution in [-0.4, -0.2) is 44.2 Å². The molecule has 0 spiro atoms. The summed E-state index contributed by atoms with van der Waals surface area (Å²) in [6, 6.07) is 13.5. The molecule has 1 heterocycles. The van der Waals surface area contributed by atoms with Crippen LogP contribution in [0.3, 0.4) is 0 Å². The highest BCUT2D eigenvalue weighted by Gasteiger charge is 2.22. The zero-order valence-electron chi connectivity index (χ0n) is 16.1. The number of ether oxygens (including phenoxy) is 4. The van der Waals surface area contributed by atoms with Gasteiger partial charge in [0.25, 0.3) is 0 Å². The van der Waals surface area contributed by atoms with Gasteiger partial charge in [-0.05, 0) is 24.6 Å². The van der Waals surface area contributed by atoms with Crippen molar-refractivity contribution in [3.8, 4) is 17.2 Å². The second kappa shape index (κ2) is 8.67. The average molecular weight is 382 g/mol. The van der Waals surface area contributed by atoms with E-state index in [-0.39, 0.29) is 11.9 Å². The van der Waals surface area contributed by atoms with Gasteiger partial charge in [0.15, 0.2) is 0 Å². The summed E-state index contributed by atoms with van der Waals surface area (Å²) >= 11 is 0. The quantitative estimate of drug-likeness (QED) is 0.314. The highest BCUT2D eigenvalue weighted by Crippen LogP contribution is 2.43. The molecule has 1 unspecified atom stereocenters. The number of benzene rings is 3. The zero-order valence-corrected chi connectivity index (χ0v) is 16.1. The van der Waals surface area contributed by atoms with Gasteiger partial charge in [0.2, 0.25) is 0 Å². The highest BCUT2D eigenvalue weighted by molar-refractivity contribution is 6.11. The van der Waals surface area contributed by atoms with E-state index in [0.29, 0.717) is 26.4 Å². The Bertz CT molecular complexity index is 949. The van der Waals surface area contributed by atoms with Gasteiger partial charge in [-0.1, -0.05) is 37.6 Å². The molecule has 1 aliphatic heterocycles. The molecule has 5 nitrogen and oxygen atoms in total. The molecule has 1 atom stereocenters. The molecular formula is C23H26O5. The predicted octanol–water partition coefficient (Wildman–Crippen LogP) is 4.67. The Morgan fingerprint density at radius 1 is 0.964 bits per heavy atom. The number of hydrogen-bond acceptors (Lipinski definition) is 5. The van der Waals surface area contributed by atoms with Crippen molar-refractivity contribution in [1.29, 1.82) is 0 Å². The Balaban J connectivity index is 1.63. The first-order valence-electron chi connectivity index (χ1n) is 9.90. The van der Waals surface area contributed by atoms with E-state index in [0.717, 1.165) is 52.5 Å². The summed E-state index contributed by atoms with van der Waals surface area (Å²) in [6.07, 6.45) is 2.33. The van der Waals surface area contributed by atoms with E-state index in [9.17, 15) is 5.11 Å². The summed E-state index contributed by atoms with van der Waals surface area (Å²) in [6.45, 7) is 5.13. The summed E-state index contributed by atoms with van der Waals surface area (Å²) < 4.78 is 22.7. The van der Waals surface area contributed by atoms with Crippen molar-refractivity contribution < 1.29 is 24.1 Å². The maximum atomic E-state index is 10.9. The second-order valence-electron chi connectivity index (χ2n) is 7.01. The van der Waals surface area contributed by atoms with Crippen molar-refractivity contribution in [2.24, 2.45) is 0 Å². The minimum absolute atomic E-state index is 0.251. The number of fused-ring (bicyclic) bond motifs is 2. The number of rotatable bonds is 10. The van der Waals surface area contributed by atoms with Crippen molar-refractivity contribution in [1.82, 2.24) is 0 Å². The van der Waals surface area contributed by atoms with Crippen LogP contribution in [0.2, 0.25) is 0 Å². The summed E-state index contributed by atoms with van der Waals surface area (Å²) in [4.78, 5) is 0. The second-order valence-corrected chi connectivity index (χ2v) is 7.01. The Kier molecular flexibility index (Phi) is 5.84. The molecule has 0 saturated carbocycles. The van der Waals surface area contributed by atoms with Crippen molar-refractivity contribution in [2.75, 3.05) is 33.0 Å². The number of aromatic hydroxyl groups is 1. The summed E-state index contributed by atoms with van der Waals surface area (Å²) in [7, 11) is 0. The van der Waals surface area contributed by atoms with Crippen LogP contribution in [0, 0.1) is 0 Å². The first kappa shape index (κ1) is 18.8. The van der Waals surface area contributed by atoms with Crippen LogP contribution in [0.5, 0.6) is 17.2 Å². The number of hydrogen-bond donors (Lipinski definition) is 1. The molecule has 148 valence electrons. The van der Waals surface area contributed by atoms with Crippen LogP contribution >= 0.6 is 0 Å². The summed E-state index contributed by atoms with van der Waals surface area (Å²) in [5.41, 5.74) is 0. The number of unbranched alkanes of at least 4 members (excludes halogenated alkanes) is 1. The Labute approximate surface area is 164 Å². The molecule has 4 rings (SSSR count). The molecule has 0 amide bonds. The summed E-state index contributed by atoms with van der Waals surface area (Å²) in [5, 5.41) is 14.1. The smallest absolute Gasteiger partial charge is 0.135 e. The maximum Gasteiger partial charge on any atom is 0.135 e. The van der Waals surface area contributed by atoms with Gasteiger partial charge < -0.3 is 24.1 Å². The largest absolute Gasteiger partial charge is 0.507 e. The van der Waals surface area contributed by atoms with Crippen molar-refractivity contribution in [3.63, 3.8) is 0 Å². The van der Waals surface area contributed by atoms with Crippen molar-refractivity contribution in [3.05, 3.63) is 42.5 Å². The third-order valence-corrected chi connectivity index (χ3v) is 4.86. The molecule has 0 bridgehead atoms. The van der Waals surface area contributed by atoms with Gasteiger partial charge in [-0.2, -0.15) is 0 Å². The van der Waals surface area contributed by atoms with Crippen LogP contribution in [0.25, 0.3) is 21.5 Å². The molecule has 1 N–H and O–H groups in total. The SMILES string of the molecule is CCCCOc1ccc2c(OCCOCC3CO3)c3ccccc3c(O)c2c1. The lowest BCUT2D eigenvalue weighted by Crippen LogP contribution is -2.10. The van der Waals surface area contributed by atoms with Crippen molar-refractivity contribution >= 4 is 21.5 Å². The lowest BCUT2D eigenvalue weighted by Gasteiger charge is -2.16. The molecule has 1 saturated heterocycles. The molecule has 0 aromatic heterocycles. The summed E-state index contributed by atoms with van der Waals surface area (Å²) in [5.74, 6) is 1.76. The molecule has 3 aromatic rings. The fourth-order valence-electron chi connectivity index (χ4n) is 3.26. The van der Waals surface area contributed by atoms with E-state index in [2.05, 4.69) is 6.92 Å². The highest BCUT2D eigenvalue weighted by atomic mass is 16.6. The molecular weight excluding hydrogens is 356 g/mol. The minimum atomic E-state index is 0.251. The van der Waals surface area contributed by atoms with E-state index in [1.54, 1.807) is 0 Å². The van der Waals surface area contributed by atoms with E-state index in [4.69, 9.17) is 18.9 Å². The van der Waals surface area contributed by atoms with Crippen LogP contribution in [0.1, 0.15) is 19.8 Å². The first-order valence-corrected chi connectivity index (χ1v) is 9.90. The lowest BCUT2D eigenvalue weighted by molar-refractivity contribution is 0.0887. The predicted molar refractivity (Wildman–Crippen MR) is 110 cm³/mol. The monoisotopic (exact) mass is 382 g/mol. The first-order chi connectivity index (χ1) is 13.8. The maximum absolute atomic E-state index is 10.9. The van der Waals surface area contributed by atoms with E-state index >= 15 is 0 Å². The van der Waals surface area contributed by atoms with E-state index < -0.39 is 0 Å². The fourth-order valence-corrected chi connectivity index (χ4v) is 3.26. The molecule has 0 aliphatic carbocycles. The van der Waals surface area contributed by atoms with Gasteiger partial charge in [0.05, 0.1) is 26.4 Å². The number of phenolic OH excluding ortho intramolecular Hbond substituents is 1. The molecule has 3 aromatic carbocycles. The Morgan fingerprint density at radius 2 is 1.75 bits per heavy atom. The zero-order chi connectivity index (χ0) is 19.3. The Morgan fingerprint density at radius 3 is 2.54 bits per heavy atom. The molecule has 28 heavy (non-hydrogen) atoms. The lowest BCUT2D eigenvalue weighted by atomic mass is 10.0. The fraction of sp³-hybridized carbons (Fsp3) is 0.391. The van der Waals surface area contributed by atoms with Gasteiger partial charge in [-0.25, -0.2) is 0 Å². The van der Waals surface area contributed by atoms with Gasteiger partial charge >= 0.3 is 0 Å². The van der Waals surface area contributed by atoms with Gasteiger partial charge in [0.1, 0.15) is 30.0 Å². The van der Waals surface area contributed by atoms with Gasteiger partial charge in [-0.3, -0.25) is 0 Å². The molecule has 5 heteroatoms. The van der Waals surface area contributed by atoms with Gasteiger partial charge in [-0.15, -0.1) is 0 Å². The van der Waals surface area contributed by atoms with E-state index in [1.807, 2.05) is 42.5 Å². The Hall–Kier alpha value is -2.50. The van der Waals surface area contributed by atoms with E-state index in [1.165, 1.54) is 0 Å². The number of epoxide rings is 1. The van der Waals surface area contributed by atoms with Crippen LogP contribution < -0.4 is 9.47 Å².